The first-order valence-electron chi connectivity index (χ1n) is 5.72. The fourth-order valence-electron chi connectivity index (χ4n) is 1.64. The zero-order valence-electron chi connectivity index (χ0n) is 10.5. The van der Waals surface area contributed by atoms with Crippen LogP contribution in [-0.2, 0) is 11.3 Å². The van der Waals surface area contributed by atoms with Gasteiger partial charge in [-0.1, -0.05) is 6.07 Å². The number of rotatable bonds is 4. The summed E-state index contributed by atoms with van der Waals surface area (Å²) in [4.78, 5) is 15.0. The molecule has 8 heteroatoms. The van der Waals surface area contributed by atoms with Crippen LogP contribution >= 0.6 is 0 Å². The van der Waals surface area contributed by atoms with Crippen LogP contribution in [0.5, 0.6) is 0 Å². The molecule has 0 bridgehead atoms. The quantitative estimate of drug-likeness (QED) is 0.900. The highest BCUT2D eigenvalue weighted by Crippen LogP contribution is 2.30. The van der Waals surface area contributed by atoms with Gasteiger partial charge in [0.25, 0.3) is 0 Å². The molecule has 2 heterocycles. The van der Waals surface area contributed by atoms with E-state index in [9.17, 15) is 18.0 Å². The van der Waals surface area contributed by atoms with Gasteiger partial charge >= 0.3 is 12.1 Å². The van der Waals surface area contributed by atoms with E-state index in [1.54, 1.807) is 35.0 Å². The molecule has 5 nitrogen and oxygen atoms in total. The summed E-state index contributed by atoms with van der Waals surface area (Å²) < 4.78 is 40.0. The monoisotopic (exact) mass is 287 g/mol. The predicted molar refractivity (Wildman–Crippen MR) is 64.1 cm³/mol. The summed E-state index contributed by atoms with van der Waals surface area (Å²) in [5.74, 6) is -1.98. The Morgan fingerprint density at radius 3 is 2.70 bits per heavy atom. The van der Waals surface area contributed by atoms with Gasteiger partial charge in [0.2, 0.25) is 5.54 Å². The Bertz CT molecular complexity index is 605. The number of pyridine rings is 1. The van der Waals surface area contributed by atoms with E-state index < -0.39 is 17.7 Å². The van der Waals surface area contributed by atoms with Crippen LogP contribution in [0.4, 0.5) is 13.2 Å². The standard InChI is InChI=1S/C12H12F3N3O2/c1-11(10(19)20,12(13,14)15)16-6-8-7-18-5-3-2-4-9(18)17-8/h2-5,7,16H,6H2,1H3,(H,19,20). The highest BCUT2D eigenvalue weighted by atomic mass is 19.4. The average molecular weight is 287 g/mol. The topological polar surface area (TPSA) is 66.6 Å². The lowest BCUT2D eigenvalue weighted by atomic mass is 10.0. The number of hydrogen-bond donors (Lipinski definition) is 2. The van der Waals surface area contributed by atoms with Gasteiger partial charge in [-0.05, 0) is 19.1 Å². The molecule has 2 rings (SSSR count). The Morgan fingerprint density at radius 2 is 2.15 bits per heavy atom. The van der Waals surface area contributed by atoms with Gasteiger partial charge < -0.3 is 9.51 Å². The minimum atomic E-state index is -4.90. The van der Waals surface area contributed by atoms with E-state index in [1.165, 1.54) is 0 Å². The summed E-state index contributed by atoms with van der Waals surface area (Å²) >= 11 is 0. The third-order valence-electron chi connectivity index (χ3n) is 3.03. The van der Waals surface area contributed by atoms with Crippen molar-refractivity contribution in [1.82, 2.24) is 14.7 Å². The average Bonchev–Trinajstić information content (AvgIpc) is 2.76. The third kappa shape index (κ3) is 2.46. The van der Waals surface area contributed by atoms with E-state index in [4.69, 9.17) is 5.11 Å². The molecule has 0 saturated heterocycles. The van der Waals surface area contributed by atoms with Gasteiger partial charge in [0, 0.05) is 18.9 Å². The molecule has 0 aliphatic carbocycles. The predicted octanol–water partition coefficient (Wildman–Crippen LogP) is 1.83. The minimum Gasteiger partial charge on any atom is -0.480 e. The number of imidazole rings is 1. The SMILES string of the molecule is CC(NCc1cn2ccccc2n1)(C(=O)O)C(F)(F)F. The van der Waals surface area contributed by atoms with Gasteiger partial charge in [-0.25, -0.2) is 9.78 Å². The van der Waals surface area contributed by atoms with Gasteiger partial charge in [0.1, 0.15) is 5.65 Å². The Labute approximate surface area is 112 Å². The number of carbonyl (C=O) groups is 1. The zero-order valence-corrected chi connectivity index (χ0v) is 10.5. The van der Waals surface area contributed by atoms with Crippen LogP contribution in [0.1, 0.15) is 12.6 Å². The van der Waals surface area contributed by atoms with Crippen LogP contribution < -0.4 is 5.32 Å². The minimum absolute atomic E-state index is 0.302. The van der Waals surface area contributed by atoms with Crippen molar-refractivity contribution >= 4 is 11.6 Å². The van der Waals surface area contributed by atoms with Gasteiger partial charge in [0.05, 0.1) is 5.69 Å². The Hall–Kier alpha value is -2.09. The van der Waals surface area contributed by atoms with Crippen LogP contribution in [0.15, 0.2) is 30.6 Å². The lowest BCUT2D eigenvalue weighted by Crippen LogP contribution is -2.59. The highest BCUT2D eigenvalue weighted by Gasteiger charge is 2.57. The maximum Gasteiger partial charge on any atom is 0.417 e. The van der Waals surface area contributed by atoms with Crippen LogP contribution in [0.2, 0.25) is 0 Å². The number of halogens is 3. The smallest absolute Gasteiger partial charge is 0.417 e. The molecule has 1 unspecified atom stereocenters. The molecule has 0 fully saturated rings. The molecule has 2 aromatic rings. The number of fused-ring (bicyclic) bond motifs is 1. The van der Waals surface area contributed by atoms with Crippen molar-refractivity contribution in [2.45, 2.75) is 25.2 Å². The lowest BCUT2D eigenvalue weighted by molar-refractivity contribution is -0.206. The largest absolute Gasteiger partial charge is 0.480 e. The number of hydrogen-bond acceptors (Lipinski definition) is 3. The van der Waals surface area contributed by atoms with E-state index >= 15 is 0 Å². The molecular formula is C12H12F3N3O2. The Balaban J connectivity index is 2.19. The number of nitrogens with one attached hydrogen (secondary N) is 1. The molecule has 2 aromatic heterocycles. The van der Waals surface area contributed by atoms with Crippen molar-refractivity contribution in [3.8, 4) is 0 Å². The normalized spacial score (nSPS) is 15.2. The summed E-state index contributed by atoms with van der Waals surface area (Å²) in [6.07, 6.45) is -1.66. The van der Waals surface area contributed by atoms with Crippen molar-refractivity contribution in [3.05, 3.63) is 36.3 Å². The first-order valence-corrected chi connectivity index (χ1v) is 5.72. The van der Waals surface area contributed by atoms with E-state index in [-0.39, 0.29) is 6.54 Å². The third-order valence-corrected chi connectivity index (χ3v) is 3.03. The molecule has 1 atom stereocenters. The number of alkyl halides is 3. The van der Waals surface area contributed by atoms with Crippen LogP contribution in [0.25, 0.3) is 5.65 Å². The molecule has 0 spiro atoms. The van der Waals surface area contributed by atoms with Gasteiger partial charge in [-0.3, -0.25) is 5.32 Å². The first-order chi connectivity index (χ1) is 9.24. The number of nitrogens with zero attached hydrogens (tertiary/aromatic N) is 2. The zero-order chi connectivity index (χ0) is 15.0. The van der Waals surface area contributed by atoms with Crippen LogP contribution in [0, 0.1) is 0 Å². The molecule has 0 aromatic carbocycles. The lowest BCUT2D eigenvalue weighted by Gasteiger charge is -2.28. The maximum absolute atomic E-state index is 12.8. The molecule has 108 valence electrons. The van der Waals surface area contributed by atoms with Crippen LogP contribution in [0.3, 0.4) is 0 Å². The summed E-state index contributed by atoms with van der Waals surface area (Å²) in [6, 6.07) is 5.20. The molecule has 0 aliphatic rings. The molecule has 0 aliphatic heterocycles. The van der Waals surface area contributed by atoms with E-state index in [1.807, 2.05) is 5.32 Å². The fraction of sp³-hybridized carbons (Fsp3) is 0.333. The Kier molecular flexibility index (Phi) is 3.43. The van der Waals surface area contributed by atoms with Crippen LogP contribution in [-0.4, -0.2) is 32.2 Å². The van der Waals surface area contributed by atoms with E-state index in [2.05, 4.69) is 4.98 Å². The fourth-order valence-corrected chi connectivity index (χ4v) is 1.64. The molecule has 0 saturated carbocycles. The summed E-state index contributed by atoms with van der Waals surface area (Å²) in [7, 11) is 0. The van der Waals surface area contributed by atoms with Gasteiger partial charge in [-0.2, -0.15) is 13.2 Å². The number of aromatic nitrogens is 2. The maximum atomic E-state index is 12.8. The highest BCUT2D eigenvalue weighted by molar-refractivity contribution is 5.79. The molecule has 0 amide bonds. The summed E-state index contributed by atoms with van der Waals surface area (Å²) in [5.41, 5.74) is -2.11. The number of carboxylic acids is 1. The second-order valence-electron chi connectivity index (χ2n) is 4.48. The molecule has 0 radical (unpaired) electrons. The molecular weight excluding hydrogens is 275 g/mol. The summed E-state index contributed by atoms with van der Waals surface area (Å²) in [5, 5.41) is 10.8. The molecule has 2 N–H and O–H groups in total. The van der Waals surface area contributed by atoms with Crippen molar-refractivity contribution in [2.24, 2.45) is 0 Å². The molecule has 20 heavy (non-hydrogen) atoms. The van der Waals surface area contributed by atoms with E-state index in [0.717, 1.165) is 0 Å². The van der Waals surface area contributed by atoms with Crippen molar-refractivity contribution < 1.29 is 23.1 Å². The number of aliphatic carboxylic acids is 1. The number of carboxylic acid groups (broad SMARTS) is 1. The Morgan fingerprint density at radius 1 is 1.45 bits per heavy atom. The second kappa shape index (κ2) is 4.78. The first kappa shape index (κ1) is 14.3. The van der Waals surface area contributed by atoms with Gasteiger partial charge in [0.15, 0.2) is 0 Å². The summed E-state index contributed by atoms with van der Waals surface area (Å²) in [6.45, 7) is 0.287. The van der Waals surface area contributed by atoms with Crippen molar-refractivity contribution in [2.75, 3.05) is 0 Å². The second-order valence-corrected chi connectivity index (χ2v) is 4.48. The van der Waals surface area contributed by atoms with Crippen molar-refractivity contribution in [1.29, 1.82) is 0 Å². The van der Waals surface area contributed by atoms with Gasteiger partial charge in [-0.15, -0.1) is 0 Å². The van der Waals surface area contributed by atoms with Crippen molar-refractivity contribution in [3.63, 3.8) is 0 Å². The van der Waals surface area contributed by atoms with E-state index in [0.29, 0.717) is 18.3 Å².